The van der Waals surface area contributed by atoms with Crippen LogP contribution in [0.2, 0.25) is 10.0 Å². The number of urea groups is 1. The number of ether oxygens (including phenoxy) is 1. The summed E-state index contributed by atoms with van der Waals surface area (Å²) in [6.45, 7) is 3.96. The monoisotopic (exact) mass is 494 g/mol. The van der Waals surface area contributed by atoms with Gasteiger partial charge in [-0.1, -0.05) is 53.5 Å². The van der Waals surface area contributed by atoms with Gasteiger partial charge in [-0.15, -0.1) is 0 Å². The first-order chi connectivity index (χ1) is 16.2. The molecule has 0 unspecified atom stereocenters. The van der Waals surface area contributed by atoms with Crippen molar-refractivity contribution in [2.24, 2.45) is 0 Å². The molecule has 4 amide bonds. The molecule has 8 heteroatoms. The zero-order valence-electron chi connectivity index (χ0n) is 18.4. The number of nitrogens with one attached hydrogen (secondary N) is 1. The number of imide groups is 2. The van der Waals surface area contributed by atoms with Crippen LogP contribution in [0.3, 0.4) is 0 Å². The lowest BCUT2D eigenvalue weighted by molar-refractivity contribution is -0.122. The van der Waals surface area contributed by atoms with Gasteiger partial charge < -0.3 is 4.74 Å². The van der Waals surface area contributed by atoms with Crippen LogP contribution in [-0.2, 0) is 16.2 Å². The van der Waals surface area contributed by atoms with Crippen molar-refractivity contribution in [3.05, 3.63) is 98.5 Å². The lowest BCUT2D eigenvalue weighted by Crippen LogP contribution is -2.54. The summed E-state index contributed by atoms with van der Waals surface area (Å²) in [7, 11) is 0. The van der Waals surface area contributed by atoms with Crippen LogP contribution in [0.15, 0.2) is 66.2 Å². The summed E-state index contributed by atoms with van der Waals surface area (Å²) < 4.78 is 5.77. The number of anilines is 1. The number of nitrogens with zero attached hydrogens (tertiary/aromatic N) is 1. The number of benzene rings is 3. The van der Waals surface area contributed by atoms with Crippen LogP contribution in [0, 0.1) is 13.8 Å². The van der Waals surface area contributed by atoms with E-state index in [1.165, 1.54) is 6.08 Å². The van der Waals surface area contributed by atoms with Crippen LogP contribution in [0.5, 0.6) is 5.75 Å². The van der Waals surface area contributed by atoms with Gasteiger partial charge in [-0.3, -0.25) is 14.9 Å². The van der Waals surface area contributed by atoms with E-state index in [9.17, 15) is 14.4 Å². The van der Waals surface area contributed by atoms with Gasteiger partial charge in [0.25, 0.3) is 11.8 Å². The molecular weight excluding hydrogens is 475 g/mol. The molecular formula is C26H20Cl2N2O4. The van der Waals surface area contributed by atoms with E-state index in [2.05, 4.69) is 5.32 Å². The van der Waals surface area contributed by atoms with Crippen LogP contribution >= 0.6 is 23.2 Å². The molecule has 6 nitrogen and oxygen atoms in total. The standard InChI is InChI=1S/C26H20Cl2N2O4/c1-15-4-3-5-23(16(15)2)30-25(32)21(24(31)29-26(30)33)12-17-6-10-20(11-7-17)34-14-18-8-9-19(27)13-22(18)28/h3-13H,14H2,1-2H3,(H,29,31,33)/b21-12+. The molecule has 34 heavy (non-hydrogen) atoms. The largest absolute Gasteiger partial charge is 0.489 e. The molecule has 3 aromatic rings. The molecule has 1 N–H and O–H groups in total. The number of amides is 4. The highest BCUT2D eigenvalue weighted by atomic mass is 35.5. The first kappa shape index (κ1) is 23.5. The van der Waals surface area contributed by atoms with Crippen molar-refractivity contribution in [3.8, 4) is 5.75 Å². The van der Waals surface area contributed by atoms with Crippen LogP contribution in [0.1, 0.15) is 22.3 Å². The average Bonchev–Trinajstić information content (AvgIpc) is 2.79. The summed E-state index contributed by atoms with van der Waals surface area (Å²) in [6, 6.07) is 16.6. The molecule has 1 fully saturated rings. The number of carbonyl (C=O) groups is 3. The maximum absolute atomic E-state index is 13.1. The van der Waals surface area contributed by atoms with Crippen molar-refractivity contribution in [3.63, 3.8) is 0 Å². The van der Waals surface area contributed by atoms with E-state index in [4.69, 9.17) is 27.9 Å². The second-order valence-electron chi connectivity index (χ2n) is 7.77. The average molecular weight is 495 g/mol. The summed E-state index contributed by atoms with van der Waals surface area (Å²) in [5.74, 6) is -0.839. The third kappa shape index (κ3) is 4.83. The quantitative estimate of drug-likeness (QED) is 0.356. The fourth-order valence-electron chi connectivity index (χ4n) is 3.48. The Hall–Kier alpha value is -3.61. The molecule has 4 rings (SSSR count). The minimum Gasteiger partial charge on any atom is -0.489 e. The van der Waals surface area contributed by atoms with Crippen LogP contribution < -0.4 is 15.0 Å². The van der Waals surface area contributed by atoms with Gasteiger partial charge >= 0.3 is 6.03 Å². The van der Waals surface area contributed by atoms with Crippen molar-refractivity contribution in [2.45, 2.75) is 20.5 Å². The Morgan fingerprint density at radius 3 is 2.41 bits per heavy atom. The molecule has 3 aromatic carbocycles. The molecule has 0 spiro atoms. The van der Waals surface area contributed by atoms with E-state index in [-0.39, 0.29) is 12.2 Å². The highest BCUT2D eigenvalue weighted by molar-refractivity contribution is 6.39. The second-order valence-corrected chi connectivity index (χ2v) is 8.61. The van der Waals surface area contributed by atoms with Gasteiger partial charge in [-0.25, -0.2) is 9.69 Å². The maximum atomic E-state index is 13.1. The van der Waals surface area contributed by atoms with Crippen LogP contribution in [0.4, 0.5) is 10.5 Å². The van der Waals surface area contributed by atoms with Gasteiger partial charge in [0, 0.05) is 15.6 Å². The van der Waals surface area contributed by atoms with Crippen LogP contribution in [0.25, 0.3) is 6.08 Å². The third-order valence-electron chi connectivity index (χ3n) is 5.52. The molecule has 0 bridgehead atoms. The van der Waals surface area contributed by atoms with Crippen molar-refractivity contribution >= 4 is 52.8 Å². The van der Waals surface area contributed by atoms with Gasteiger partial charge in [-0.05, 0) is 66.9 Å². The smallest absolute Gasteiger partial charge is 0.335 e. The van der Waals surface area contributed by atoms with E-state index in [0.29, 0.717) is 27.0 Å². The van der Waals surface area contributed by atoms with Crippen LogP contribution in [-0.4, -0.2) is 17.8 Å². The Bertz CT molecular complexity index is 1330. The van der Waals surface area contributed by atoms with Gasteiger partial charge in [0.05, 0.1) is 5.69 Å². The van der Waals surface area contributed by atoms with Gasteiger partial charge in [0.2, 0.25) is 0 Å². The predicted molar refractivity (Wildman–Crippen MR) is 132 cm³/mol. The summed E-state index contributed by atoms with van der Waals surface area (Å²) in [4.78, 5) is 39.0. The lowest BCUT2D eigenvalue weighted by atomic mass is 10.0. The third-order valence-corrected chi connectivity index (χ3v) is 6.11. The summed E-state index contributed by atoms with van der Waals surface area (Å²) >= 11 is 12.1. The maximum Gasteiger partial charge on any atom is 0.335 e. The Labute approximate surface area is 206 Å². The molecule has 0 saturated carbocycles. The Kier molecular flexibility index (Phi) is 6.72. The number of rotatable bonds is 5. The van der Waals surface area contributed by atoms with Crippen molar-refractivity contribution in [1.29, 1.82) is 0 Å². The Balaban J connectivity index is 1.54. The first-order valence-electron chi connectivity index (χ1n) is 10.4. The molecule has 0 atom stereocenters. The minimum atomic E-state index is -0.773. The van der Waals surface area contributed by atoms with Crippen molar-refractivity contribution in [2.75, 3.05) is 4.90 Å². The Morgan fingerprint density at radius 2 is 1.71 bits per heavy atom. The molecule has 1 saturated heterocycles. The SMILES string of the molecule is Cc1cccc(N2C(=O)NC(=O)/C(=C\c3ccc(OCc4ccc(Cl)cc4Cl)cc3)C2=O)c1C. The number of hydrogen-bond acceptors (Lipinski definition) is 4. The number of barbiturate groups is 1. The van der Waals surface area contributed by atoms with E-state index < -0.39 is 17.8 Å². The fourth-order valence-corrected chi connectivity index (χ4v) is 3.94. The number of halogens is 2. The molecule has 1 heterocycles. The predicted octanol–water partition coefficient (Wildman–Crippen LogP) is 5.86. The minimum absolute atomic E-state index is 0.137. The van der Waals surface area contributed by atoms with E-state index in [0.717, 1.165) is 21.6 Å². The van der Waals surface area contributed by atoms with Gasteiger partial charge in [-0.2, -0.15) is 0 Å². The van der Waals surface area contributed by atoms with Gasteiger partial charge in [0.1, 0.15) is 17.9 Å². The fraction of sp³-hybridized carbons (Fsp3) is 0.115. The molecule has 172 valence electrons. The molecule has 0 aromatic heterocycles. The van der Waals surface area contributed by atoms with Crippen molar-refractivity contribution < 1.29 is 19.1 Å². The normalized spacial score (nSPS) is 15.0. The highest BCUT2D eigenvalue weighted by Crippen LogP contribution is 2.27. The Morgan fingerprint density at radius 1 is 0.971 bits per heavy atom. The zero-order chi connectivity index (χ0) is 24.4. The molecule has 0 radical (unpaired) electrons. The summed E-state index contributed by atoms with van der Waals surface area (Å²) in [5.41, 5.74) is 3.40. The first-order valence-corrected chi connectivity index (χ1v) is 11.1. The zero-order valence-corrected chi connectivity index (χ0v) is 19.9. The van der Waals surface area contributed by atoms with E-state index in [1.54, 1.807) is 54.6 Å². The number of carbonyl (C=O) groups excluding carboxylic acids is 3. The van der Waals surface area contributed by atoms with Gasteiger partial charge in [0.15, 0.2) is 0 Å². The molecule has 1 aliphatic heterocycles. The topological polar surface area (TPSA) is 75.7 Å². The van der Waals surface area contributed by atoms with E-state index >= 15 is 0 Å². The van der Waals surface area contributed by atoms with E-state index in [1.807, 2.05) is 19.9 Å². The summed E-state index contributed by atoms with van der Waals surface area (Å²) in [5, 5.41) is 3.31. The second kappa shape index (κ2) is 9.71. The lowest BCUT2D eigenvalue weighted by Gasteiger charge is -2.28. The number of aryl methyl sites for hydroxylation is 1. The van der Waals surface area contributed by atoms with Crippen molar-refractivity contribution in [1.82, 2.24) is 5.32 Å². The number of hydrogen-bond donors (Lipinski definition) is 1. The highest BCUT2D eigenvalue weighted by Gasteiger charge is 2.37. The molecule has 1 aliphatic rings. The summed E-state index contributed by atoms with van der Waals surface area (Å²) in [6.07, 6.45) is 1.45. The molecule has 0 aliphatic carbocycles.